The summed E-state index contributed by atoms with van der Waals surface area (Å²) >= 11 is 2.61. The van der Waals surface area contributed by atoms with Gasteiger partial charge >= 0.3 is 0 Å². The average Bonchev–Trinajstić information content (AvgIpc) is 3.10. The summed E-state index contributed by atoms with van der Waals surface area (Å²) in [5.74, 6) is 0. The first-order valence-electron chi connectivity index (χ1n) is 7.19. The molecule has 23 heavy (non-hydrogen) atoms. The normalized spacial score (nSPS) is 11.3. The average molecular weight is 339 g/mol. The van der Waals surface area contributed by atoms with E-state index in [1.54, 1.807) is 0 Å². The van der Waals surface area contributed by atoms with Crippen LogP contribution in [-0.2, 0) is 11.3 Å². The predicted molar refractivity (Wildman–Crippen MR) is 95.0 cm³/mol. The smallest absolute Gasteiger partial charge is 0.215 e. The van der Waals surface area contributed by atoms with Crippen LogP contribution in [0.4, 0.5) is 0 Å². The highest BCUT2D eigenvalue weighted by atomic mass is 32.2. The van der Waals surface area contributed by atoms with Crippen LogP contribution in [0.2, 0.25) is 0 Å². The highest BCUT2D eigenvalue weighted by molar-refractivity contribution is 8.14. The summed E-state index contributed by atoms with van der Waals surface area (Å²) in [6.45, 7) is 2.20. The highest BCUT2D eigenvalue weighted by Gasteiger charge is 2.14. The largest absolute Gasteiger partial charge is 0.332 e. The Labute approximate surface area is 141 Å². The molecule has 0 amide bonds. The van der Waals surface area contributed by atoms with Crippen molar-refractivity contribution in [3.8, 4) is 0 Å². The van der Waals surface area contributed by atoms with Crippen LogP contribution in [0.3, 0.4) is 0 Å². The Morgan fingerprint density at radius 1 is 1.04 bits per heavy atom. The standard InChI is InChI=1S/C17H13N3OS2/c1-11-18-19-17(22-11)23-16(21)10-20-14-8-4-2-6-12(14)13-7-3-5-9-15(13)20/h2-9H,10H2,1H3. The van der Waals surface area contributed by atoms with Crippen molar-refractivity contribution in [3.05, 3.63) is 53.5 Å². The number of benzene rings is 2. The molecule has 0 unspecified atom stereocenters. The molecular formula is C17H13N3OS2. The van der Waals surface area contributed by atoms with Crippen LogP contribution in [0, 0.1) is 6.92 Å². The van der Waals surface area contributed by atoms with Crippen molar-refractivity contribution in [3.63, 3.8) is 0 Å². The lowest BCUT2D eigenvalue weighted by Crippen LogP contribution is -2.06. The number of thioether (sulfide) groups is 1. The highest BCUT2D eigenvalue weighted by Crippen LogP contribution is 2.30. The van der Waals surface area contributed by atoms with E-state index in [0.717, 1.165) is 27.8 Å². The lowest BCUT2D eigenvalue weighted by Gasteiger charge is -2.05. The fraction of sp³-hybridized carbons (Fsp3) is 0.118. The van der Waals surface area contributed by atoms with Gasteiger partial charge in [0.15, 0.2) is 4.34 Å². The summed E-state index contributed by atoms with van der Waals surface area (Å²) < 4.78 is 2.78. The van der Waals surface area contributed by atoms with Gasteiger partial charge in [-0.3, -0.25) is 4.79 Å². The minimum absolute atomic E-state index is 0.0626. The molecule has 0 aliphatic rings. The third-order valence-electron chi connectivity index (χ3n) is 3.68. The number of aromatic nitrogens is 3. The van der Waals surface area contributed by atoms with E-state index in [2.05, 4.69) is 39.0 Å². The molecular weight excluding hydrogens is 326 g/mol. The Morgan fingerprint density at radius 2 is 1.65 bits per heavy atom. The van der Waals surface area contributed by atoms with Crippen molar-refractivity contribution in [2.24, 2.45) is 0 Å². The Hall–Kier alpha value is -2.18. The van der Waals surface area contributed by atoms with Gasteiger partial charge in [-0.1, -0.05) is 47.7 Å². The van der Waals surface area contributed by atoms with Gasteiger partial charge in [0.25, 0.3) is 0 Å². The molecule has 0 bridgehead atoms. The molecule has 4 rings (SSSR count). The van der Waals surface area contributed by atoms with Crippen LogP contribution >= 0.6 is 23.1 Å². The van der Waals surface area contributed by atoms with Crippen molar-refractivity contribution in [2.45, 2.75) is 17.8 Å². The van der Waals surface area contributed by atoms with Crippen LogP contribution in [0.15, 0.2) is 52.9 Å². The van der Waals surface area contributed by atoms with Gasteiger partial charge in [0.2, 0.25) is 5.12 Å². The number of rotatable bonds is 3. The van der Waals surface area contributed by atoms with Crippen LogP contribution in [0.5, 0.6) is 0 Å². The molecule has 6 heteroatoms. The monoisotopic (exact) mass is 339 g/mol. The zero-order valence-electron chi connectivity index (χ0n) is 12.4. The minimum atomic E-state index is 0.0626. The van der Waals surface area contributed by atoms with Gasteiger partial charge in [-0.25, -0.2) is 0 Å². The lowest BCUT2D eigenvalue weighted by atomic mass is 10.2. The molecule has 0 radical (unpaired) electrons. The first-order chi connectivity index (χ1) is 11.2. The van der Waals surface area contributed by atoms with Crippen molar-refractivity contribution >= 4 is 50.0 Å². The van der Waals surface area contributed by atoms with E-state index in [4.69, 9.17) is 0 Å². The second-order valence-electron chi connectivity index (χ2n) is 5.18. The van der Waals surface area contributed by atoms with E-state index in [0.29, 0.717) is 10.9 Å². The van der Waals surface area contributed by atoms with E-state index in [1.807, 2.05) is 31.2 Å². The second-order valence-corrected chi connectivity index (χ2v) is 7.67. The number of nitrogens with zero attached hydrogens (tertiary/aromatic N) is 3. The van der Waals surface area contributed by atoms with E-state index < -0.39 is 0 Å². The number of carbonyl (C=O) groups is 1. The molecule has 0 atom stereocenters. The van der Waals surface area contributed by atoms with Gasteiger partial charge in [-0.15, -0.1) is 10.2 Å². The number of fused-ring (bicyclic) bond motifs is 3. The van der Waals surface area contributed by atoms with Gasteiger partial charge in [0.05, 0.1) is 6.54 Å². The fourth-order valence-electron chi connectivity index (χ4n) is 2.75. The fourth-order valence-corrected chi connectivity index (χ4v) is 4.45. The molecule has 0 aliphatic heterocycles. The van der Waals surface area contributed by atoms with E-state index in [1.165, 1.54) is 22.1 Å². The van der Waals surface area contributed by atoms with Gasteiger partial charge < -0.3 is 4.57 Å². The molecule has 2 heterocycles. The molecule has 0 fully saturated rings. The summed E-state index contributed by atoms with van der Waals surface area (Å²) in [6.07, 6.45) is 0. The molecule has 4 aromatic rings. The molecule has 2 aromatic heterocycles. The molecule has 0 saturated carbocycles. The quantitative estimate of drug-likeness (QED) is 0.523. The third-order valence-corrected chi connectivity index (χ3v) is 5.42. The minimum Gasteiger partial charge on any atom is -0.332 e. The maximum absolute atomic E-state index is 12.5. The van der Waals surface area contributed by atoms with Gasteiger partial charge in [0, 0.05) is 21.8 Å². The molecule has 2 aromatic carbocycles. The van der Waals surface area contributed by atoms with Crippen LogP contribution in [-0.4, -0.2) is 19.9 Å². The number of para-hydroxylation sites is 2. The number of hydrogen-bond acceptors (Lipinski definition) is 5. The van der Waals surface area contributed by atoms with Gasteiger partial charge in [0.1, 0.15) is 5.01 Å². The molecule has 0 aliphatic carbocycles. The topological polar surface area (TPSA) is 47.8 Å². The lowest BCUT2D eigenvalue weighted by molar-refractivity contribution is -0.111. The van der Waals surface area contributed by atoms with E-state index in [-0.39, 0.29) is 5.12 Å². The van der Waals surface area contributed by atoms with Crippen molar-refractivity contribution in [1.29, 1.82) is 0 Å². The summed E-state index contributed by atoms with van der Waals surface area (Å²) in [5.41, 5.74) is 2.16. The molecule has 114 valence electrons. The first-order valence-corrected chi connectivity index (χ1v) is 8.82. The summed E-state index contributed by atoms with van der Waals surface area (Å²) in [6, 6.07) is 16.4. The van der Waals surface area contributed by atoms with Gasteiger partial charge in [-0.05, 0) is 30.8 Å². The Bertz CT molecular complexity index is 966. The zero-order valence-corrected chi connectivity index (χ0v) is 14.0. The maximum atomic E-state index is 12.5. The van der Waals surface area contributed by atoms with Crippen molar-refractivity contribution < 1.29 is 4.79 Å². The maximum Gasteiger partial charge on any atom is 0.215 e. The molecule has 0 saturated heterocycles. The number of hydrogen-bond donors (Lipinski definition) is 0. The molecule has 0 spiro atoms. The van der Waals surface area contributed by atoms with Crippen LogP contribution in [0.25, 0.3) is 21.8 Å². The summed E-state index contributed by atoms with van der Waals surface area (Å²) in [4.78, 5) is 12.5. The van der Waals surface area contributed by atoms with Gasteiger partial charge in [-0.2, -0.15) is 0 Å². The SMILES string of the molecule is Cc1nnc(SC(=O)Cn2c3ccccc3c3ccccc32)s1. The van der Waals surface area contributed by atoms with Crippen LogP contribution < -0.4 is 0 Å². The third kappa shape index (κ3) is 2.64. The Balaban J connectivity index is 1.74. The van der Waals surface area contributed by atoms with Crippen LogP contribution in [0.1, 0.15) is 5.01 Å². The van der Waals surface area contributed by atoms with E-state index in [9.17, 15) is 4.79 Å². The number of carbonyl (C=O) groups excluding carboxylic acids is 1. The molecule has 0 N–H and O–H groups in total. The Kier molecular flexibility index (Phi) is 3.63. The zero-order chi connectivity index (χ0) is 15.8. The summed E-state index contributed by atoms with van der Waals surface area (Å²) in [7, 11) is 0. The Morgan fingerprint density at radius 3 is 2.22 bits per heavy atom. The number of aryl methyl sites for hydroxylation is 1. The second kappa shape index (κ2) is 5.79. The predicted octanol–water partition coefficient (Wildman–Crippen LogP) is 4.27. The molecule has 4 nitrogen and oxygen atoms in total. The first kappa shape index (κ1) is 14.4. The van der Waals surface area contributed by atoms with Crippen molar-refractivity contribution in [2.75, 3.05) is 0 Å². The van der Waals surface area contributed by atoms with E-state index >= 15 is 0 Å². The summed E-state index contributed by atoms with van der Waals surface area (Å²) in [5, 5.41) is 11.2. The van der Waals surface area contributed by atoms with Crippen molar-refractivity contribution in [1.82, 2.24) is 14.8 Å².